The Morgan fingerprint density at radius 2 is 1.88 bits per heavy atom. The number of nitrogens with zero attached hydrogens (tertiary/aromatic N) is 4. The highest BCUT2D eigenvalue weighted by molar-refractivity contribution is 5.93. The predicted octanol–water partition coefficient (Wildman–Crippen LogP) is 1.56. The number of piperazine rings is 1. The quantitative estimate of drug-likeness (QED) is 0.798. The van der Waals surface area contributed by atoms with Gasteiger partial charge in [-0.1, -0.05) is 37.3 Å². The van der Waals surface area contributed by atoms with Gasteiger partial charge in [-0.3, -0.25) is 9.59 Å². The third kappa shape index (κ3) is 4.17. The molecule has 2 heterocycles. The molecule has 0 radical (unpaired) electrons. The van der Waals surface area contributed by atoms with Gasteiger partial charge in [0.2, 0.25) is 6.41 Å². The molecule has 2 amide bonds. The number of amides is 2. The topological polar surface area (TPSA) is 78.4 Å². The normalized spacial score (nSPS) is 14.2. The van der Waals surface area contributed by atoms with E-state index in [2.05, 4.69) is 20.2 Å². The Hall–Kier alpha value is -2.96. The first-order valence-corrected chi connectivity index (χ1v) is 8.88. The van der Waals surface area contributed by atoms with Gasteiger partial charge >= 0.3 is 0 Å². The van der Waals surface area contributed by atoms with Crippen molar-refractivity contribution in [2.75, 3.05) is 37.6 Å². The molecule has 1 aliphatic rings. The summed E-state index contributed by atoms with van der Waals surface area (Å²) in [6.07, 6.45) is 1.74. The maximum Gasteiger partial charge on any atom is 0.270 e. The van der Waals surface area contributed by atoms with Gasteiger partial charge in [0.15, 0.2) is 5.82 Å². The average molecular weight is 353 g/mol. The predicted molar refractivity (Wildman–Crippen MR) is 99.9 cm³/mol. The van der Waals surface area contributed by atoms with Crippen molar-refractivity contribution in [3.63, 3.8) is 0 Å². The summed E-state index contributed by atoms with van der Waals surface area (Å²) < 4.78 is 0. The summed E-state index contributed by atoms with van der Waals surface area (Å²) in [5.74, 6) is 1.05. The van der Waals surface area contributed by atoms with Gasteiger partial charge in [-0.2, -0.15) is 0 Å². The zero-order valence-corrected chi connectivity index (χ0v) is 14.9. The van der Waals surface area contributed by atoms with Crippen LogP contribution in [0.15, 0.2) is 36.4 Å². The van der Waals surface area contributed by atoms with Gasteiger partial charge in [0, 0.05) is 44.4 Å². The third-order valence-electron chi connectivity index (χ3n) is 4.30. The van der Waals surface area contributed by atoms with Crippen LogP contribution in [0.25, 0.3) is 11.4 Å². The number of anilines is 1. The van der Waals surface area contributed by atoms with Crippen molar-refractivity contribution in [2.24, 2.45) is 0 Å². The van der Waals surface area contributed by atoms with Crippen molar-refractivity contribution in [3.05, 3.63) is 42.1 Å². The molecule has 0 bridgehead atoms. The molecule has 7 heteroatoms. The van der Waals surface area contributed by atoms with Crippen LogP contribution < -0.4 is 10.2 Å². The lowest BCUT2D eigenvalue weighted by Crippen LogP contribution is -2.46. The Bertz CT molecular complexity index is 758. The third-order valence-corrected chi connectivity index (χ3v) is 4.30. The fourth-order valence-electron chi connectivity index (χ4n) is 2.81. The van der Waals surface area contributed by atoms with Gasteiger partial charge in [-0.15, -0.1) is 0 Å². The van der Waals surface area contributed by atoms with Crippen LogP contribution in [-0.4, -0.2) is 59.9 Å². The van der Waals surface area contributed by atoms with E-state index in [1.54, 1.807) is 11.0 Å². The van der Waals surface area contributed by atoms with Crippen molar-refractivity contribution in [1.29, 1.82) is 0 Å². The molecule has 1 saturated heterocycles. The van der Waals surface area contributed by atoms with E-state index in [-0.39, 0.29) is 5.91 Å². The van der Waals surface area contributed by atoms with Crippen LogP contribution in [0.4, 0.5) is 5.82 Å². The SMILES string of the molecule is CCCNC(=O)c1cc(N2CCN(C=O)CC2)nc(-c2ccccc2)n1. The van der Waals surface area contributed by atoms with Gasteiger partial charge in [-0.05, 0) is 6.42 Å². The van der Waals surface area contributed by atoms with Crippen LogP contribution in [0.1, 0.15) is 23.8 Å². The molecule has 0 aliphatic carbocycles. The lowest BCUT2D eigenvalue weighted by Gasteiger charge is -2.33. The second kappa shape index (κ2) is 8.42. The Morgan fingerprint density at radius 3 is 2.54 bits per heavy atom. The van der Waals surface area contributed by atoms with E-state index in [1.165, 1.54) is 0 Å². The molecule has 136 valence electrons. The summed E-state index contributed by atoms with van der Waals surface area (Å²) in [4.78, 5) is 36.3. The molecule has 3 rings (SSSR count). The van der Waals surface area contributed by atoms with E-state index < -0.39 is 0 Å². The summed E-state index contributed by atoms with van der Waals surface area (Å²) in [6, 6.07) is 11.4. The monoisotopic (exact) mass is 353 g/mol. The standard InChI is InChI=1S/C19H23N5O2/c1-2-8-20-19(26)16-13-17(24-11-9-23(14-25)10-12-24)22-18(21-16)15-6-4-3-5-7-15/h3-7,13-14H,2,8-12H2,1H3,(H,20,26). The molecule has 0 spiro atoms. The minimum atomic E-state index is -0.195. The Balaban J connectivity index is 1.92. The van der Waals surface area contributed by atoms with Gasteiger partial charge in [0.1, 0.15) is 11.5 Å². The maximum absolute atomic E-state index is 12.4. The molecule has 1 aromatic carbocycles. The fraction of sp³-hybridized carbons (Fsp3) is 0.368. The minimum absolute atomic E-state index is 0.195. The number of rotatable bonds is 6. The van der Waals surface area contributed by atoms with Crippen LogP contribution in [0.5, 0.6) is 0 Å². The van der Waals surface area contributed by atoms with E-state index in [9.17, 15) is 9.59 Å². The Morgan fingerprint density at radius 1 is 1.15 bits per heavy atom. The van der Waals surface area contributed by atoms with E-state index in [1.807, 2.05) is 37.3 Å². The molecule has 0 unspecified atom stereocenters. The fourth-order valence-corrected chi connectivity index (χ4v) is 2.81. The van der Waals surface area contributed by atoms with Crippen molar-refractivity contribution < 1.29 is 9.59 Å². The molecular weight excluding hydrogens is 330 g/mol. The molecule has 7 nitrogen and oxygen atoms in total. The zero-order chi connectivity index (χ0) is 18.4. The van der Waals surface area contributed by atoms with E-state index in [4.69, 9.17) is 0 Å². The minimum Gasteiger partial charge on any atom is -0.353 e. The molecule has 1 aliphatic heterocycles. The molecule has 0 saturated carbocycles. The van der Waals surface area contributed by atoms with E-state index >= 15 is 0 Å². The van der Waals surface area contributed by atoms with Crippen LogP contribution in [0.2, 0.25) is 0 Å². The number of benzene rings is 1. The highest BCUT2D eigenvalue weighted by Crippen LogP contribution is 2.21. The van der Waals surface area contributed by atoms with E-state index in [0.29, 0.717) is 50.1 Å². The van der Waals surface area contributed by atoms with Crippen LogP contribution >= 0.6 is 0 Å². The molecular formula is C19H23N5O2. The first-order chi connectivity index (χ1) is 12.7. The number of hydrogen-bond acceptors (Lipinski definition) is 5. The number of hydrogen-bond donors (Lipinski definition) is 1. The highest BCUT2D eigenvalue weighted by Gasteiger charge is 2.20. The first kappa shape index (κ1) is 17.8. The molecule has 2 aromatic rings. The average Bonchev–Trinajstić information content (AvgIpc) is 2.72. The molecule has 26 heavy (non-hydrogen) atoms. The van der Waals surface area contributed by atoms with Crippen LogP contribution in [-0.2, 0) is 4.79 Å². The Labute approximate surface area is 153 Å². The highest BCUT2D eigenvalue weighted by atomic mass is 16.2. The van der Waals surface area contributed by atoms with Gasteiger partial charge < -0.3 is 15.1 Å². The second-order valence-corrected chi connectivity index (χ2v) is 6.19. The number of nitrogens with one attached hydrogen (secondary N) is 1. The summed E-state index contributed by atoms with van der Waals surface area (Å²) in [7, 11) is 0. The Kier molecular flexibility index (Phi) is 5.78. The lowest BCUT2D eigenvalue weighted by atomic mass is 10.2. The van der Waals surface area contributed by atoms with Gasteiger partial charge in [-0.25, -0.2) is 9.97 Å². The molecule has 1 aromatic heterocycles. The smallest absolute Gasteiger partial charge is 0.270 e. The first-order valence-electron chi connectivity index (χ1n) is 8.88. The lowest BCUT2D eigenvalue weighted by molar-refractivity contribution is -0.118. The van der Waals surface area contributed by atoms with Gasteiger partial charge in [0.25, 0.3) is 5.91 Å². The summed E-state index contributed by atoms with van der Waals surface area (Å²) >= 11 is 0. The summed E-state index contributed by atoms with van der Waals surface area (Å²) in [6.45, 7) is 5.27. The van der Waals surface area contributed by atoms with Crippen molar-refractivity contribution in [2.45, 2.75) is 13.3 Å². The van der Waals surface area contributed by atoms with Crippen molar-refractivity contribution in [3.8, 4) is 11.4 Å². The zero-order valence-electron chi connectivity index (χ0n) is 14.9. The molecule has 0 atom stereocenters. The second-order valence-electron chi connectivity index (χ2n) is 6.19. The number of carbonyl (C=O) groups is 2. The molecule has 1 fully saturated rings. The van der Waals surface area contributed by atoms with Gasteiger partial charge in [0.05, 0.1) is 0 Å². The summed E-state index contributed by atoms with van der Waals surface area (Å²) in [5.41, 5.74) is 1.23. The number of aromatic nitrogens is 2. The van der Waals surface area contributed by atoms with Crippen molar-refractivity contribution >= 4 is 18.1 Å². The molecule has 1 N–H and O–H groups in total. The largest absolute Gasteiger partial charge is 0.353 e. The van der Waals surface area contributed by atoms with Crippen LogP contribution in [0.3, 0.4) is 0 Å². The van der Waals surface area contributed by atoms with E-state index in [0.717, 1.165) is 18.4 Å². The van der Waals surface area contributed by atoms with Crippen LogP contribution in [0, 0.1) is 0 Å². The maximum atomic E-state index is 12.4. The number of carbonyl (C=O) groups excluding carboxylic acids is 2. The van der Waals surface area contributed by atoms with Crippen molar-refractivity contribution in [1.82, 2.24) is 20.2 Å². The summed E-state index contributed by atoms with van der Waals surface area (Å²) in [5, 5.41) is 2.87.